The van der Waals surface area contributed by atoms with E-state index in [4.69, 9.17) is 28.8 Å². The van der Waals surface area contributed by atoms with Crippen LogP contribution in [-0.4, -0.2) is 80.6 Å². The number of phenolic OH excluding ortho intramolecular Hbond substituents is 1. The highest BCUT2D eigenvalue weighted by atomic mass is 16.5. The van der Waals surface area contributed by atoms with Crippen LogP contribution in [0.3, 0.4) is 0 Å². The highest BCUT2D eigenvalue weighted by Gasteiger charge is 2.43. The average Bonchev–Trinajstić information content (AvgIpc) is 3.18. The van der Waals surface area contributed by atoms with Crippen LogP contribution in [0.1, 0.15) is 84.0 Å². The van der Waals surface area contributed by atoms with Gasteiger partial charge in [0.05, 0.1) is 47.0 Å². The van der Waals surface area contributed by atoms with Gasteiger partial charge in [0.1, 0.15) is 11.8 Å². The van der Waals surface area contributed by atoms with Crippen molar-refractivity contribution in [2.75, 3.05) is 55.1 Å². The molecule has 0 saturated heterocycles. The van der Waals surface area contributed by atoms with Crippen LogP contribution in [0.5, 0.6) is 46.0 Å². The van der Waals surface area contributed by atoms with Crippen molar-refractivity contribution in [2.45, 2.75) is 76.3 Å². The van der Waals surface area contributed by atoms with Crippen LogP contribution in [-0.2, 0) is 30.5 Å². The monoisotopic (exact) mass is 751 g/mol. The average molecular weight is 752 g/mol. The summed E-state index contributed by atoms with van der Waals surface area (Å²) in [6, 6.07) is 20.7. The number of aromatic hydroxyl groups is 1. The van der Waals surface area contributed by atoms with Gasteiger partial charge in [0.2, 0.25) is 5.75 Å². The fourth-order valence-electron chi connectivity index (χ4n) is 8.88. The Balaban J connectivity index is 1.37. The number of methoxy groups -OCH3 is 3. The maximum absolute atomic E-state index is 12.0. The summed E-state index contributed by atoms with van der Waals surface area (Å²) >= 11 is 0. The molecule has 4 aliphatic heterocycles. The lowest BCUT2D eigenvalue weighted by molar-refractivity contribution is -0.941. The summed E-state index contributed by atoms with van der Waals surface area (Å²) in [5, 5.41) is 21.1. The minimum Gasteiger partial charge on any atom is -0.502 e. The van der Waals surface area contributed by atoms with Gasteiger partial charge in [-0.1, -0.05) is 31.0 Å². The van der Waals surface area contributed by atoms with E-state index in [-0.39, 0.29) is 24.3 Å². The quantitative estimate of drug-likeness (QED) is 0.115. The van der Waals surface area contributed by atoms with Crippen molar-refractivity contribution in [1.82, 2.24) is 4.90 Å². The zero-order valence-corrected chi connectivity index (χ0v) is 32.9. The van der Waals surface area contributed by atoms with Gasteiger partial charge in [0.25, 0.3) is 0 Å². The molecule has 4 heterocycles. The Morgan fingerprint density at radius 2 is 1.49 bits per heavy atom. The van der Waals surface area contributed by atoms with E-state index in [1.165, 1.54) is 16.7 Å². The van der Waals surface area contributed by atoms with Gasteiger partial charge in [-0.2, -0.15) is 0 Å². The van der Waals surface area contributed by atoms with Crippen LogP contribution in [0.15, 0.2) is 60.7 Å². The molecule has 0 amide bonds. The fraction of sp³-hybridized carbons (Fsp3) is 0.444. The smallest absolute Gasteiger partial charge is 0.303 e. The third-order valence-corrected chi connectivity index (χ3v) is 12.1. The Labute approximate surface area is 324 Å². The molecule has 4 aliphatic rings. The molecule has 0 aromatic heterocycles. The molecule has 0 spiro atoms. The van der Waals surface area contributed by atoms with Gasteiger partial charge in [-0.25, -0.2) is 0 Å². The highest BCUT2D eigenvalue weighted by Crippen LogP contribution is 2.53. The molecule has 2 N–H and O–H groups in total. The molecule has 10 nitrogen and oxygen atoms in total. The number of nitrogens with zero attached hydrogens (tertiary/aromatic N) is 2. The fourth-order valence-corrected chi connectivity index (χ4v) is 8.88. The number of unbranched alkanes of at least 4 members (excludes halogenated alkanes) is 4. The van der Waals surface area contributed by atoms with E-state index >= 15 is 0 Å². The van der Waals surface area contributed by atoms with Gasteiger partial charge in [0, 0.05) is 31.8 Å². The first kappa shape index (κ1) is 38.3. The molecule has 4 aromatic rings. The molecule has 292 valence electrons. The number of rotatable bonds is 11. The van der Waals surface area contributed by atoms with Gasteiger partial charge in [0.15, 0.2) is 34.5 Å². The summed E-state index contributed by atoms with van der Waals surface area (Å²) in [5.74, 6) is 3.24. The van der Waals surface area contributed by atoms with E-state index in [1.54, 1.807) is 21.3 Å². The number of ether oxygens (including phenoxy) is 5. The number of likely N-dealkylation sites (N-methyl/N-ethyl adjacent to an activating group) is 2. The molecule has 0 saturated carbocycles. The van der Waals surface area contributed by atoms with E-state index in [0.717, 1.165) is 91.5 Å². The van der Waals surface area contributed by atoms with Gasteiger partial charge < -0.3 is 38.4 Å². The van der Waals surface area contributed by atoms with Gasteiger partial charge >= 0.3 is 5.97 Å². The molecule has 3 atom stereocenters. The molecule has 0 aliphatic carbocycles. The summed E-state index contributed by atoms with van der Waals surface area (Å²) in [6.45, 7) is 2.73. The highest BCUT2D eigenvalue weighted by molar-refractivity contribution is 5.66. The second-order valence-corrected chi connectivity index (χ2v) is 15.6. The van der Waals surface area contributed by atoms with Crippen molar-refractivity contribution in [3.63, 3.8) is 0 Å². The van der Waals surface area contributed by atoms with Crippen molar-refractivity contribution in [3.05, 3.63) is 94.0 Å². The summed E-state index contributed by atoms with van der Waals surface area (Å²) < 4.78 is 31.9. The third kappa shape index (κ3) is 8.07. The summed E-state index contributed by atoms with van der Waals surface area (Å²) in [4.78, 5) is 13.4. The maximum atomic E-state index is 12.0. The van der Waals surface area contributed by atoms with Gasteiger partial charge in [-0.05, 0) is 109 Å². The van der Waals surface area contributed by atoms with E-state index in [1.807, 2.05) is 24.3 Å². The zero-order valence-electron chi connectivity index (χ0n) is 32.9. The molecule has 3 unspecified atom stereocenters. The van der Waals surface area contributed by atoms with Crippen LogP contribution in [0, 0.1) is 0 Å². The Morgan fingerprint density at radius 1 is 0.800 bits per heavy atom. The molecule has 8 rings (SSSR count). The predicted molar refractivity (Wildman–Crippen MR) is 211 cm³/mol. The van der Waals surface area contributed by atoms with Crippen LogP contribution < -0.4 is 23.7 Å². The van der Waals surface area contributed by atoms with Crippen molar-refractivity contribution < 1.29 is 43.2 Å². The number of carboxylic acid groups (broad SMARTS) is 1. The van der Waals surface area contributed by atoms with Crippen LogP contribution in [0.4, 0.5) is 0 Å². The first-order chi connectivity index (χ1) is 26.6. The van der Waals surface area contributed by atoms with Crippen molar-refractivity contribution >= 4 is 5.97 Å². The topological polar surface area (TPSA) is 107 Å². The second-order valence-electron chi connectivity index (χ2n) is 15.6. The van der Waals surface area contributed by atoms with Crippen LogP contribution >= 0.6 is 0 Å². The zero-order chi connectivity index (χ0) is 38.7. The van der Waals surface area contributed by atoms with Crippen LogP contribution in [0.25, 0.3) is 0 Å². The Bertz CT molecular complexity index is 2010. The number of carbonyl (C=O) groups is 1. The van der Waals surface area contributed by atoms with Crippen molar-refractivity contribution in [2.24, 2.45) is 0 Å². The maximum Gasteiger partial charge on any atom is 0.303 e. The second kappa shape index (κ2) is 16.4. The lowest BCUT2D eigenvalue weighted by Gasteiger charge is -2.46. The van der Waals surface area contributed by atoms with Crippen molar-refractivity contribution in [1.29, 1.82) is 0 Å². The van der Waals surface area contributed by atoms with Gasteiger partial charge in [-0.3, -0.25) is 9.69 Å². The number of quaternary nitrogens is 1. The lowest BCUT2D eigenvalue weighted by Crippen LogP contribution is -2.52. The van der Waals surface area contributed by atoms with Crippen molar-refractivity contribution in [3.8, 4) is 46.0 Å². The first-order valence-corrected chi connectivity index (χ1v) is 19.6. The molecule has 55 heavy (non-hydrogen) atoms. The predicted octanol–water partition coefficient (Wildman–Crippen LogP) is 8.80. The number of carboxylic acids is 1. The van der Waals surface area contributed by atoms with E-state index in [2.05, 4.69) is 55.4 Å². The number of phenols is 1. The van der Waals surface area contributed by atoms with Crippen LogP contribution in [0.2, 0.25) is 0 Å². The Morgan fingerprint density at radius 3 is 2.24 bits per heavy atom. The Kier molecular flexibility index (Phi) is 11.5. The minimum atomic E-state index is -0.737. The Hall–Kier alpha value is -4.93. The number of hydrogen-bond donors (Lipinski definition) is 2. The molecule has 0 radical (unpaired) electrons. The number of fused-ring (bicyclic) bond motifs is 2. The summed E-state index contributed by atoms with van der Waals surface area (Å²) in [6.07, 6.45) is 7.96. The normalized spacial score (nSPS) is 20.3. The largest absolute Gasteiger partial charge is 0.502 e. The number of aliphatic carboxylic acids is 1. The van der Waals surface area contributed by atoms with Gasteiger partial charge in [-0.15, -0.1) is 0 Å². The third-order valence-electron chi connectivity index (χ3n) is 12.1. The summed E-state index contributed by atoms with van der Waals surface area (Å²) in [5.41, 5.74) is 6.74. The molecule has 4 aromatic carbocycles. The lowest BCUT2D eigenvalue weighted by atomic mass is 9.85. The molecule has 10 heteroatoms. The number of hydrogen-bond acceptors (Lipinski definition) is 8. The molecular weight excluding hydrogens is 697 g/mol. The minimum absolute atomic E-state index is 0.0285. The SMILES string of the molecule is COc1ccc2cc1Oc1ccc(cc1)CC1c3cc(c(OC)cc3CCN1C)Oc1c(O)c(OC)cc3c1C(C2)[N+](C)(CCCCCCCC(=O)O)CC3. The van der Waals surface area contributed by atoms with E-state index in [9.17, 15) is 9.90 Å². The molecule has 0 fully saturated rings. The first-order valence-electron chi connectivity index (χ1n) is 19.6. The molecular formula is C45H55N2O8+. The van der Waals surface area contributed by atoms with E-state index in [0.29, 0.717) is 47.3 Å². The standard InChI is InChI=1S/C45H54N2O8/c1-46-20-18-31-26-38(52-4)40-28-34(31)35(46)23-29-12-15-33(16-13-29)54-39-25-30(14-17-37(39)51-3)24-36-43-32(27-41(53-5)44(50)45(43)55-40)19-22-47(36,2)21-10-8-6-7-9-11-42(48)49/h12-17,25-28,35-36H,6-11,18-24H2,1-5H3,(H-,48,49,50)/p+1. The molecule has 6 bridgehead atoms. The van der Waals surface area contributed by atoms with E-state index < -0.39 is 5.97 Å². The summed E-state index contributed by atoms with van der Waals surface area (Å²) in [7, 11) is 9.40. The number of benzene rings is 4.